The van der Waals surface area contributed by atoms with Crippen molar-refractivity contribution < 1.29 is 14.5 Å². The number of nitro groups is 1. The molecule has 9 nitrogen and oxygen atoms in total. The second-order valence-corrected chi connectivity index (χ2v) is 4.45. The molecule has 0 fully saturated rings. The van der Waals surface area contributed by atoms with E-state index in [1.54, 1.807) is 7.05 Å². The molecule has 3 rings (SSSR count). The van der Waals surface area contributed by atoms with Crippen molar-refractivity contribution >= 4 is 17.5 Å². The Morgan fingerprint density at radius 3 is 2.67 bits per heavy atom. The number of aromatic nitrogens is 3. The zero-order valence-electron chi connectivity index (χ0n) is 10.9. The van der Waals surface area contributed by atoms with Crippen LogP contribution in [0.3, 0.4) is 0 Å². The van der Waals surface area contributed by atoms with Gasteiger partial charge in [-0.15, -0.1) is 0 Å². The summed E-state index contributed by atoms with van der Waals surface area (Å²) < 4.78 is 1.43. The van der Waals surface area contributed by atoms with Crippen molar-refractivity contribution in [1.82, 2.24) is 19.7 Å². The number of carbonyl (C=O) groups excluding carboxylic acids is 2. The first-order valence-corrected chi connectivity index (χ1v) is 5.97. The molecule has 1 aromatic carbocycles. The van der Waals surface area contributed by atoms with Crippen LogP contribution in [-0.2, 0) is 13.6 Å². The van der Waals surface area contributed by atoms with Crippen LogP contribution in [0.25, 0.3) is 0 Å². The van der Waals surface area contributed by atoms with Crippen molar-refractivity contribution in [1.29, 1.82) is 0 Å². The fraction of sp³-hybridized carbons (Fsp3) is 0.167. The summed E-state index contributed by atoms with van der Waals surface area (Å²) in [6.07, 6.45) is 1.30. The first kappa shape index (κ1) is 12.9. The maximum Gasteiger partial charge on any atom is 0.282 e. The summed E-state index contributed by atoms with van der Waals surface area (Å²) in [6.45, 7) is -0.0833. The van der Waals surface area contributed by atoms with Crippen LogP contribution in [0.5, 0.6) is 0 Å². The third-order valence-electron chi connectivity index (χ3n) is 3.28. The highest BCUT2D eigenvalue weighted by Crippen LogP contribution is 2.31. The van der Waals surface area contributed by atoms with Crippen LogP contribution in [0.1, 0.15) is 26.5 Å². The van der Waals surface area contributed by atoms with Gasteiger partial charge in [-0.05, 0) is 6.07 Å². The number of carbonyl (C=O) groups is 2. The van der Waals surface area contributed by atoms with E-state index in [-0.39, 0.29) is 23.4 Å². The molecule has 1 aliphatic rings. The molecule has 0 aliphatic carbocycles. The van der Waals surface area contributed by atoms with E-state index in [2.05, 4.69) is 10.1 Å². The van der Waals surface area contributed by atoms with Crippen molar-refractivity contribution in [2.45, 2.75) is 6.54 Å². The molecule has 0 saturated carbocycles. The Hall–Kier alpha value is -3.10. The minimum Gasteiger partial charge on any atom is -0.269 e. The van der Waals surface area contributed by atoms with E-state index in [4.69, 9.17) is 0 Å². The Bertz CT molecular complexity index is 782. The maximum atomic E-state index is 12.3. The Morgan fingerprint density at radius 2 is 2.05 bits per heavy atom. The monoisotopic (exact) mass is 287 g/mol. The molecule has 2 amide bonds. The second-order valence-electron chi connectivity index (χ2n) is 4.45. The van der Waals surface area contributed by atoms with Crippen molar-refractivity contribution in [2.75, 3.05) is 0 Å². The molecule has 0 N–H and O–H groups in total. The predicted molar refractivity (Wildman–Crippen MR) is 68.3 cm³/mol. The summed E-state index contributed by atoms with van der Waals surface area (Å²) in [5.74, 6) is -0.848. The van der Waals surface area contributed by atoms with Gasteiger partial charge in [-0.3, -0.25) is 29.3 Å². The first-order valence-electron chi connectivity index (χ1n) is 5.97. The Kier molecular flexibility index (Phi) is 2.75. The number of nitro benzene ring substituents is 1. The highest BCUT2D eigenvalue weighted by molar-refractivity contribution is 6.23. The van der Waals surface area contributed by atoms with Gasteiger partial charge in [0.1, 0.15) is 17.7 Å². The lowest BCUT2D eigenvalue weighted by Crippen LogP contribution is -2.30. The van der Waals surface area contributed by atoms with Crippen LogP contribution < -0.4 is 0 Å². The number of aryl methyl sites for hydroxylation is 1. The van der Waals surface area contributed by atoms with E-state index < -0.39 is 16.7 Å². The van der Waals surface area contributed by atoms with Gasteiger partial charge in [0, 0.05) is 13.1 Å². The molecule has 0 unspecified atom stereocenters. The average molecular weight is 287 g/mol. The SMILES string of the molecule is Cn1ncnc1CN1C(=O)c2cccc([N+](=O)[O-])c2C1=O. The van der Waals surface area contributed by atoms with Gasteiger partial charge in [-0.1, -0.05) is 6.07 Å². The molecular weight excluding hydrogens is 278 g/mol. The van der Waals surface area contributed by atoms with Gasteiger partial charge in [-0.25, -0.2) is 4.98 Å². The van der Waals surface area contributed by atoms with E-state index in [0.717, 1.165) is 4.90 Å². The zero-order valence-corrected chi connectivity index (χ0v) is 10.9. The normalized spacial score (nSPS) is 13.7. The van der Waals surface area contributed by atoms with Gasteiger partial charge >= 0.3 is 0 Å². The third-order valence-corrected chi connectivity index (χ3v) is 3.28. The van der Waals surface area contributed by atoms with Crippen molar-refractivity contribution in [2.24, 2.45) is 7.05 Å². The minimum atomic E-state index is -0.690. The third kappa shape index (κ3) is 1.86. The summed E-state index contributed by atoms with van der Waals surface area (Å²) in [4.78, 5) is 39.7. The molecule has 1 aliphatic heterocycles. The second kappa shape index (κ2) is 4.47. The maximum absolute atomic E-state index is 12.3. The van der Waals surface area contributed by atoms with E-state index in [1.807, 2.05) is 0 Å². The van der Waals surface area contributed by atoms with Crippen molar-refractivity contribution in [3.05, 3.63) is 51.6 Å². The van der Waals surface area contributed by atoms with Crippen LogP contribution in [0.15, 0.2) is 24.5 Å². The van der Waals surface area contributed by atoms with Crippen LogP contribution >= 0.6 is 0 Å². The van der Waals surface area contributed by atoms with Gasteiger partial charge in [0.2, 0.25) is 0 Å². The molecule has 0 saturated heterocycles. The van der Waals surface area contributed by atoms with Crippen molar-refractivity contribution in [3.63, 3.8) is 0 Å². The number of benzene rings is 1. The number of fused-ring (bicyclic) bond motifs is 1. The molecule has 0 bridgehead atoms. The van der Waals surface area contributed by atoms with Crippen LogP contribution in [0, 0.1) is 10.1 Å². The molecular formula is C12H9N5O4. The highest BCUT2D eigenvalue weighted by atomic mass is 16.6. The molecule has 2 heterocycles. The Morgan fingerprint density at radius 1 is 1.29 bits per heavy atom. The molecule has 0 radical (unpaired) electrons. The molecule has 0 atom stereocenters. The van der Waals surface area contributed by atoms with Gasteiger partial charge in [-0.2, -0.15) is 5.10 Å². The molecule has 2 aromatic rings. The summed E-state index contributed by atoms with van der Waals surface area (Å²) in [5.41, 5.74) is -0.502. The fourth-order valence-electron chi connectivity index (χ4n) is 2.22. The lowest BCUT2D eigenvalue weighted by molar-refractivity contribution is -0.385. The molecule has 1 aromatic heterocycles. The lowest BCUT2D eigenvalue weighted by atomic mass is 10.1. The van der Waals surface area contributed by atoms with Crippen molar-refractivity contribution in [3.8, 4) is 0 Å². The molecule has 21 heavy (non-hydrogen) atoms. The number of nitrogens with zero attached hydrogens (tertiary/aromatic N) is 5. The summed E-state index contributed by atoms with van der Waals surface area (Å²) in [6, 6.07) is 3.99. The highest BCUT2D eigenvalue weighted by Gasteiger charge is 2.41. The topological polar surface area (TPSA) is 111 Å². The molecule has 9 heteroatoms. The molecule has 106 valence electrons. The number of amides is 2. The standard InChI is InChI=1S/C12H9N5O4/c1-15-9(13-6-14-15)5-16-11(18)7-3-2-4-8(17(20)21)10(7)12(16)19/h2-4,6H,5H2,1H3. The predicted octanol–water partition coefficient (Wildman–Crippen LogP) is 0.520. The number of rotatable bonds is 3. The number of hydrogen-bond acceptors (Lipinski definition) is 6. The van der Waals surface area contributed by atoms with E-state index in [1.165, 1.54) is 29.2 Å². The van der Waals surface area contributed by atoms with Crippen LogP contribution in [0.4, 0.5) is 5.69 Å². The lowest BCUT2D eigenvalue weighted by Gasteiger charge is -2.12. The summed E-state index contributed by atoms with van der Waals surface area (Å²) in [5, 5.41) is 14.8. The van der Waals surface area contributed by atoms with E-state index in [0.29, 0.717) is 5.82 Å². The minimum absolute atomic E-state index is 0.0383. The fourth-order valence-corrected chi connectivity index (χ4v) is 2.22. The van der Waals surface area contributed by atoms with Gasteiger partial charge in [0.25, 0.3) is 17.5 Å². The quantitative estimate of drug-likeness (QED) is 0.462. The van der Waals surface area contributed by atoms with Crippen LogP contribution in [0.2, 0.25) is 0 Å². The van der Waals surface area contributed by atoms with Gasteiger partial charge in [0.05, 0.1) is 17.0 Å². The van der Waals surface area contributed by atoms with Gasteiger partial charge < -0.3 is 0 Å². The largest absolute Gasteiger partial charge is 0.282 e. The van der Waals surface area contributed by atoms with E-state index >= 15 is 0 Å². The number of imide groups is 1. The van der Waals surface area contributed by atoms with E-state index in [9.17, 15) is 19.7 Å². The first-order chi connectivity index (χ1) is 10.0. The van der Waals surface area contributed by atoms with Crippen LogP contribution in [-0.4, -0.2) is 36.4 Å². The average Bonchev–Trinajstić information content (AvgIpc) is 2.96. The summed E-state index contributed by atoms with van der Waals surface area (Å²) in [7, 11) is 1.63. The number of hydrogen-bond donors (Lipinski definition) is 0. The smallest absolute Gasteiger partial charge is 0.269 e. The summed E-state index contributed by atoms with van der Waals surface area (Å²) >= 11 is 0. The zero-order chi connectivity index (χ0) is 15.1. The molecule has 0 spiro atoms. The Labute approximate surface area is 118 Å². The Balaban J connectivity index is 2.03. The van der Waals surface area contributed by atoms with Gasteiger partial charge in [0.15, 0.2) is 0 Å².